The molecule has 2 rings (SSSR count). The Labute approximate surface area is 89.5 Å². The third kappa shape index (κ3) is 1.77. The predicted molar refractivity (Wildman–Crippen MR) is 60.3 cm³/mol. The van der Waals surface area contributed by atoms with Crippen LogP contribution in [0.15, 0.2) is 40.8 Å². The van der Waals surface area contributed by atoms with Gasteiger partial charge in [-0.25, -0.2) is 0 Å². The number of ketones is 1. The van der Waals surface area contributed by atoms with Crippen molar-refractivity contribution in [2.75, 3.05) is 7.05 Å². The summed E-state index contributed by atoms with van der Waals surface area (Å²) in [6, 6.07) is 0. The van der Waals surface area contributed by atoms with Crippen LogP contribution in [-0.4, -0.2) is 23.9 Å². The van der Waals surface area contributed by atoms with Crippen LogP contribution in [0.3, 0.4) is 0 Å². The molecule has 3 heteroatoms. The summed E-state index contributed by atoms with van der Waals surface area (Å²) in [7, 11) is 1.93. The Bertz CT molecular complexity index is 402. The number of carbonyl (C=O) groups is 1. The van der Waals surface area contributed by atoms with Gasteiger partial charge in [0.1, 0.15) is 0 Å². The first-order chi connectivity index (χ1) is 7.20. The highest BCUT2D eigenvalue weighted by Gasteiger charge is 2.24. The molecule has 1 aliphatic carbocycles. The minimum atomic E-state index is 0.132. The van der Waals surface area contributed by atoms with Gasteiger partial charge >= 0.3 is 0 Å². The van der Waals surface area contributed by atoms with E-state index >= 15 is 0 Å². The van der Waals surface area contributed by atoms with Crippen molar-refractivity contribution in [1.29, 1.82) is 0 Å². The van der Waals surface area contributed by atoms with Crippen LogP contribution < -0.4 is 0 Å². The van der Waals surface area contributed by atoms with Crippen molar-refractivity contribution in [1.82, 2.24) is 4.90 Å². The zero-order chi connectivity index (χ0) is 10.8. The van der Waals surface area contributed by atoms with Gasteiger partial charge in [-0.1, -0.05) is 12.2 Å². The fraction of sp³-hybridized carbons (Fsp3) is 0.333. The number of hydrogen-bond acceptors (Lipinski definition) is 3. The van der Waals surface area contributed by atoms with Crippen LogP contribution >= 0.6 is 0 Å². The van der Waals surface area contributed by atoms with Crippen LogP contribution in [0.5, 0.6) is 0 Å². The van der Waals surface area contributed by atoms with Gasteiger partial charge in [0.2, 0.25) is 0 Å². The van der Waals surface area contributed by atoms with Crippen LogP contribution in [0, 0.1) is 5.92 Å². The predicted octanol–water partition coefficient (Wildman–Crippen LogP) is 1.89. The van der Waals surface area contributed by atoms with E-state index in [1.54, 1.807) is 19.3 Å². The summed E-state index contributed by atoms with van der Waals surface area (Å²) in [5, 5.41) is 0. The molecule has 1 unspecified atom stereocenters. The average Bonchev–Trinajstić information content (AvgIpc) is 2.12. The Kier molecular flexibility index (Phi) is 2.54. The maximum atomic E-state index is 11.6. The summed E-state index contributed by atoms with van der Waals surface area (Å²) in [6.45, 7) is 1.62. The molecular weight excluding hydrogens is 188 g/mol. The first kappa shape index (κ1) is 9.90. The minimum Gasteiger partial charge on any atom is -0.348 e. The first-order valence-corrected chi connectivity index (χ1v) is 5.04. The maximum Gasteiger partial charge on any atom is 0.158 e. The Hall–Kier alpha value is -1.64. The molecule has 0 radical (unpaired) electrons. The van der Waals surface area contributed by atoms with Crippen LogP contribution in [0.2, 0.25) is 0 Å². The fourth-order valence-electron chi connectivity index (χ4n) is 1.80. The number of allylic oxidation sites excluding steroid dienone is 4. The topological polar surface area (TPSA) is 32.7 Å². The summed E-state index contributed by atoms with van der Waals surface area (Å²) in [5.74, 6) is 0.408. The molecule has 0 aromatic heterocycles. The summed E-state index contributed by atoms with van der Waals surface area (Å²) in [4.78, 5) is 17.6. The molecule has 0 bridgehead atoms. The van der Waals surface area contributed by atoms with Gasteiger partial charge < -0.3 is 4.90 Å². The monoisotopic (exact) mass is 202 g/mol. The molecule has 0 spiro atoms. The van der Waals surface area contributed by atoms with E-state index in [0.717, 1.165) is 17.7 Å². The van der Waals surface area contributed by atoms with Gasteiger partial charge in [0.15, 0.2) is 5.78 Å². The highest BCUT2D eigenvalue weighted by Crippen LogP contribution is 2.29. The van der Waals surface area contributed by atoms with E-state index in [1.807, 2.05) is 18.1 Å². The lowest BCUT2D eigenvalue weighted by molar-refractivity contribution is -0.114. The molecule has 0 fully saturated rings. The first-order valence-electron chi connectivity index (χ1n) is 5.04. The summed E-state index contributed by atoms with van der Waals surface area (Å²) in [5.41, 5.74) is 1.78. The molecule has 1 atom stereocenters. The van der Waals surface area contributed by atoms with Crippen LogP contribution in [0.25, 0.3) is 0 Å². The second-order valence-electron chi connectivity index (χ2n) is 3.81. The van der Waals surface area contributed by atoms with Crippen molar-refractivity contribution in [3.8, 4) is 0 Å². The van der Waals surface area contributed by atoms with Crippen molar-refractivity contribution in [3.05, 3.63) is 35.8 Å². The van der Waals surface area contributed by atoms with Gasteiger partial charge in [-0.15, -0.1) is 0 Å². The molecule has 0 N–H and O–H groups in total. The quantitative estimate of drug-likeness (QED) is 0.506. The van der Waals surface area contributed by atoms with Crippen molar-refractivity contribution in [2.24, 2.45) is 10.9 Å². The van der Waals surface area contributed by atoms with Gasteiger partial charge in [-0.2, -0.15) is 0 Å². The Morgan fingerprint density at radius 3 is 2.80 bits per heavy atom. The minimum absolute atomic E-state index is 0.132. The number of aliphatic imine (C=N–C) groups is 1. The molecule has 78 valence electrons. The Balaban J connectivity index is 2.40. The Morgan fingerprint density at radius 1 is 1.60 bits per heavy atom. The number of nitrogens with zero attached hydrogens (tertiary/aromatic N) is 2. The van der Waals surface area contributed by atoms with Crippen LogP contribution in [0.4, 0.5) is 0 Å². The lowest BCUT2D eigenvalue weighted by Gasteiger charge is -2.26. The van der Waals surface area contributed by atoms with Gasteiger partial charge in [0.05, 0.1) is 11.9 Å². The molecule has 0 saturated carbocycles. The number of rotatable bonds is 2. The number of carbonyl (C=O) groups excluding carboxylic acids is 1. The normalized spacial score (nSPS) is 26.5. The van der Waals surface area contributed by atoms with E-state index in [4.69, 9.17) is 0 Å². The van der Waals surface area contributed by atoms with Crippen molar-refractivity contribution >= 4 is 12.0 Å². The third-order valence-electron chi connectivity index (χ3n) is 2.74. The van der Waals surface area contributed by atoms with Crippen molar-refractivity contribution in [3.63, 3.8) is 0 Å². The van der Waals surface area contributed by atoms with Gasteiger partial charge in [0, 0.05) is 30.9 Å². The highest BCUT2D eigenvalue weighted by molar-refractivity contribution is 6.00. The zero-order valence-corrected chi connectivity index (χ0v) is 8.97. The molecule has 0 aromatic carbocycles. The van der Waals surface area contributed by atoms with Gasteiger partial charge in [-0.05, 0) is 13.3 Å². The maximum absolute atomic E-state index is 11.6. The number of hydrogen-bond donors (Lipinski definition) is 0. The second kappa shape index (κ2) is 3.85. The van der Waals surface area contributed by atoms with E-state index in [9.17, 15) is 4.79 Å². The van der Waals surface area contributed by atoms with E-state index < -0.39 is 0 Å². The molecular formula is C12H14N2O. The smallest absolute Gasteiger partial charge is 0.158 e. The Morgan fingerprint density at radius 2 is 2.33 bits per heavy atom. The average molecular weight is 202 g/mol. The summed E-state index contributed by atoms with van der Waals surface area (Å²) < 4.78 is 0. The second-order valence-corrected chi connectivity index (χ2v) is 3.81. The van der Waals surface area contributed by atoms with E-state index in [0.29, 0.717) is 0 Å². The summed E-state index contributed by atoms with van der Waals surface area (Å²) >= 11 is 0. The van der Waals surface area contributed by atoms with Crippen molar-refractivity contribution < 1.29 is 4.79 Å². The van der Waals surface area contributed by atoms with E-state index in [2.05, 4.69) is 17.1 Å². The lowest BCUT2D eigenvalue weighted by atomic mass is 9.84. The standard InChI is InChI=1S/C12H14N2O/c1-9(15)12(10-4-3-5-10)11-8-13-6-7-14(11)2/h3-4,6-8,10H,5H2,1-2H3/b12-11-. The third-order valence-corrected chi connectivity index (χ3v) is 2.74. The van der Waals surface area contributed by atoms with Gasteiger partial charge in [0.25, 0.3) is 0 Å². The van der Waals surface area contributed by atoms with Crippen molar-refractivity contribution in [2.45, 2.75) is 13.3 Å². The van der Waals surface area contributed by atoms with Crippen LogP contribution in [0.1, 0.15) is 13.3 Å². The lowest BCUT2D eigenvalue weighted by Crippen LogP contribution is -2.23. The molecule has 1 heterocycles. The van der Waals surface area contributed by atoms with E-state index in [-0.39, 0.29) is 11.7 Å². The molecule has 2 aliphatic rings. The van der Waals surface area contributed by atoms with Crippen LogP contribution in [-0.2, 0) is 4.79 Å². The zero-order valence-electron chi connectivity index (χ0n) is 8.97. The molecule has 15 heavy (non-hydrogen) atoms. The molecule has 0 amide bonds. The summed E-state index contributed by atoms with van der Waals surface area (Å²) in [6.07, 6.45) is 10.5. The molecule has 1 aliphatic heterocycles. The molecule has 3 nitrogen and oxygen atoms in total. The molecule has 0 saturated heterocycles. The number of Topliss-reactive ketones (excluding diaryl/α,β-unsaturated/α-hetero) is 1. The SMILES string of the molecule is CC(=O)/C(=C1\C=NC=CN1C)C1C=CC1. The van der Waals surface area contributed by atoms with Gasteiger partial charge in [-0.3, -0.25) is 9.79 Å². The van der Waals surface area contributed by atoms with E-state index in [1.165, 1.54) is 0 Å². The molecule has 0 aromatic rings. The fourth-order valence-corrected chi connectivity index (χ4v) is 1.80. The highest BCUT2D eigenvalue weighted by atomic mass is 16.1. The largest absolute Gasteiger partial charge is 0.348 e.